The summed E-state index contributed by atoms with van der Waals surface area (Å²) in [4.78, 5) is 20.5. The zero-order chi connectivity index (χ0) is 21.8. The Kier molecular flexibility index (Phi) is 6.42. The molecule has 154 valence electrons. The fraction of sp³-hybridized carbons (Fsp3) is 0.136. The second kappa shape index (κ2) is 9.00. The minimum Gasteiger partial charge on any atom is -0.441 e. The molecule has 5 nitrogen and oxygen atoms in total. The van der Waals surface area contributed by atoms with Gasteiger partial charge in [-0.1, -0.05) is 31.5 Å². The summed E-state index contributed by atoms with van der Waals surface area (Å²) in [6, 6.07) is 9.84. The highest BCUT2D eigenvalue weighted by Crippen LogP contribution is 2.32. The molecule has 2 heterocycles. The number of carbonyl (C=O) groups is 1. The Morgan fingerprint density at radius 2 is 1.80 bits per heavy atom. The van der Waals surface area contributed by atoms with Gasteiger partial charge in [-0.3, -0.25) is 4.79 Å². The van der Waals surface area contributed by atoms with Crippen molar-refractivity contribution in [3.05, 3.63) is 76.8 Å². The first-order chi connectivity index (χ1) is 14.4. The van der Waals surface area contributed by atoms with Gasteiger partial charge in [0.2, 0.25) is 0 Å². The molecule has 2 aromatic carbocycles. The van der Waals surface area contributed by atoms with Crippen LogP contribution in [0.1, 0.15) is 30.1 Å². The first-order valence-corrected chi connectivity index (χ1v) is 9.58. The predicted octanol–water partition coefficient (Wildman–Crippen LogP) is 6.41. The smallest absolute Gasteiger partial charge is 0.262 e. The number of nitrogens with one attached hydrogen (secondary N) is 1. The number of aromatic nitrogens is 2. The van der Waals surface area contributed by atoms with Gasteiger partial charge in [0.25, 0.3) is 5.91 Å². The summed E-state index contributed by atoms with van der Waals surface area (Å²) in [6.07, 6.45) is 1.49. The largest absolute Gasteiger partial charge is 0.441 e. The van der Waals surface area contributed by atoms with Crippen molar-refractivity contribution >= 4 is 34.4 Å². The Bertz CT molecular complexity index is 1190. The molecule has 0 radical (unpaired) electrons. The van der Waals surface area contributed by atoms with Crippen molar-refractivity contribution in [2.45, 2.75) is 20.8 Å². The van der Waals surface area contributed by atoms with E-state index in [1.165, 1.54) is 18.3 Å². The van der Waals surface area contributed by atoms with Crippen molar-refractivity contribution < 1.29 is 18.0 Å². The number of aryl methyl sites for hydroxylation is 1. The van der Waals surface area contributed by atoms with Crippen LogP contribution in [0.4, 0.5) is 14.6 Å². The second-order valence-electron chi connectivity index (χ2n) is 6.02. The maximum Gasteiger partial charge on any atom is 0.262 e. The molecule has 4 aromatic rings. The van der Waals surface area contributed by atoms with E-state index >= 15 is 0 Å². The third-order valence-electron chi connectivity index (χ3n) is 4.09. The maximum absolute atomic E-state index is 13.7. The molecular weight excluding hydrogens is 412 g/mol. The number of anilines is 1. The number of amides is 1. The molecule has 8 heteroatoms. The lowest BCUT2D eigenvalue weighted by atomic mass is 10.1. The van der Waals surface area contributed by atoms with Gasteiger partial charge in [0, 0.05) is 24.2 Å². The van der Waals surface area contributed by atoms with Crippen molar-refractivity contribution in [1.29, 1.82) is 0 Å². The molecule has 0 aliphatic heterocycles. The van der Waals surface area contributed by atoms with Gasteiger partial charge in [-0.25, -0.2) is 18.7 Å². The van der Waals surface area contributed by atoms with Crippen LogP contribution in [0.3, 0.4) is 0 Å². The SMILES string of the molecule is CC.Cc1nc2cc(Cl)c(-c3ccc(NC(=O)c4c(F)cccc4F)nc3)cc2o1. The number of carbonyl (C=O) groups excluding carboxylic acids is 1. The number of halogens is 3. The van der Waals surface area contributed by atoms with Crippen LogP contribution in [0, 0.1) is 18.6 Å². The molecule has 4 rings (SSSR count). The third-order valence-corrected chi connectivity index (χ3v) is 4.40. The van der Waals surface area contributed by atoms with Gasteiger partial charge in [-0.2, -0.15) is 0 Å². The third kappa shape index (κ3) is 4.31. The van der Waals surface area contributed by atoms with Crippen LogP contribution < -0.4 is 5.32 Å². The molecule has 0 unspecified atom stereocenters. The quantitative estimate of drug-likeness (QED) is 0.408. The van der Waals surface area contributed by atoms with Gasteiger partial charge in [0.15, 0.2) is 11.5 Å². The molecule has 0 atom stereocenters. The molecular formula is C22H18ClF2N3O2. The Balaban J connectivity index is 0.00000124. The van der Waals surface area contributed by atoms with E-state index in [9.17, 15) is 13.6 Å². The van der Waals surface area contributed by atoms with E-state index in [0.717, 1.165) is 12.1 Å². The number of pyridine rings is 1. The van der Waals surface area contributed by atoms with Crippen molar-refractivity contribution in [3.63, 3.8) is 0 Å². The number of fused-ring (bicyclic) bond motifs is 1. The standard InChI is InChI=1S/C20H12ClF2N3O2.C2H6/c1-10-25-16-8-13(21)12(7-17(16)28-10)11-5-6-18(24-9-11)26-20(27)19-14(22)3-2-4-15(19)23;1-2/h2-9H,1H3,(H,24,26,27);1-2H3. The summed E-state index contributed by atoms with van der Waals surface area (Å²) < 4.78 is 32.9. The summed E-state index contributed by atoms with van der Waals surface area (Å²) in [5, 5.41) is 2.84. The van der Waals surface area contributed by atoms with Gasteiger partial charge < -0.3 is 9.73 Å². The van der Waals surface area contributed by atoms with Crippen LogP contribution in [0.25, 0.3) is 22.2 Å². The molecule has 0 saturated heterocycles. The summed E-state index contributed by atoms with van der Waals surface area (Å²) in [6.45, 7) is 5.74. The Hall–Kier alpha value is -3.32. The fourth-order valence-corrected chi connectivity index (χ4v) is 3.07. The lowest BCUT2D eigenvalue weighted by Gasteiger charge is -2.08. The molecule has 2 aromatic heterocycles. The molecule has 0 spiro atoms. The minimum atomic E-state index is -0.948. The Labute approximate surface area is 176 Å². The number of nitrogens with zero attached hydrogens (tertiary/aromatic N) is 2. The van der Waals surface area contributed by atoms with E-state index in [0.29, 0.717) is 33.1 Å². The normalized spacial score (nSPS) is 10.5. The van der Waals surface area contributed by atoms with E-state index in [4.69, 9.17) is 16.0 Å². The highest BCUT2D eigenvalue weighted by molar-refractivity contribution is 6.34. The van der Waals surface area contributed by atoms with Crippen LogP contribution in [0.15, 0.2) is 53.1 Å². The van der Waals surface area contributed by atoms with E-state index < -0.39 is 23.1 Å². The lowest BCUT2D eigenvalue weighted by Crippen LogP contribution is -2.16. The Morgan fingerprint density at radius 3 is 2.43 bits per heavy atom. The van der Waals surface area contributed by atoms with E-state index in [2.05, 4.69) is 15.3 Å². The number of benzene rings is 2. The van der Waals surface area contributed by atoms with Crippen LogP contribution in [-0.4, -0.2) is 15.9 Å². The summed E-state index contributed by atoms with van der Waals surface area (Å²) in [5.41, 5.74) is 1.92. The number of rotatable bonds is 3. The summed E-state index contributed by atoms with van der Waals surface area (Å²) in [7, 11) is 0. The molecule has 0 aliphatic rings. The molecule has 1 N–H and O–H groups in total. The van der Waals surface area contributed by atoms with Crippen molar-refractivity contribution in [3.8, 4) is 11.1 Å². The van der Waals surface area contributed by atoms with Crippen LogP contribution in [0.2, 0.25) is 5.02 Å². The van der Waals surface area contributed by atoms with Crippen LogP contribution >= 0.6 is 11.6 Å². The van der Waals surface area contributed by atoms with Gasteiger partial charge in [-0.15, -0.1) is 0 Å². The molecule has 1 amide bonds. The van der Waals surface area contributed by atoms with Crippen molar-refractivity contribution in [2.24, 2.45) is 0 Å². The van der Waals surface area contributed by atoms with E-state index in [1.807, 2.05) is 13.8 Å². The first-order valence-electron chi connectivity index (χ1n) is 9.21. The number of hydrogen-bond donors (Lipinski definition) is 1. The molecule has 0 bridgehead atoms. The van der Waals surface area contributed by atoms with Crippen molar-refractivity contribution in [2.75, 3.05) is 5.32 Å². The average Bonchev–Trinajstić information content (AvgIpc) is 3.08. The maximum atomic E-state index is 13.7. The van der Waals surface area contributed by atoms with Crippen molar-refractivity contribution in [1.82, 2.24) is 9.97 Å². The Morgan fingerprint density at radius 1 is 1.10 bits per heavy atom. The second-order valence-corrected chi connectivity index (χ2v) is 6.42. The number of oxazole rings is 1. The monoisotopic (exact) mass is 429 g/mol. The summed E-state index contributed by atoms with van der Waals surface area (Å²) >= 11 is 6.32. The van der Waals surface area contributed by atoms with Gasteiger partial charge in [0.1, 0.15) is 28.5 Å². The zero-order valence-electron chi connectivity index (χ0n) is 16.5. The highest BCUT2D eigenvalue weighted by atomic mass is 35.5. The molecule has 0 fully saturated rings. The van der Waals surface area contributed by atoms with Gasteiger partial charge in [0.05, 0.1) is 5.02 Å². The first kappa shape index (κ1) is 21.4. The molecule has 30 heavy (non-hydrogen) atoms. The van der Waals surface area contributed by atoms with Gasteiger partial charge in [-0.05, 0) is 36.4 Å². The highest BCUT2D eigenvalue weighted by Gasteiger charge is 2.17. The lowest BCUT2D eigenvalue weighted by molar-refractivity contribution is 0.101. The zero-order valence-corrected chi connectivity index (χ0v) is 17.2. The predicted molar refractivity (Wildman–Crippen MR) is 113 cm³/mol. The van der Waals surface area contributed by atoms with Crippen LogP contribution in [-0.2, 0) is 0 Å². The van der Waals surface area contributed by atoms with E-state index in [-0.39, 0.29) is 5.82 Å². The number of hydrogen-bond acceptors (Lipinski definition) is 4. The average molecular weight is 430 g/mol. The van der Waals surface area contributed by atoms with E-state index in [1.54, 1.807) is 25.1 Å². The fourth-order valence-electron chi connectivity index (χ4n) is 2.81. The summed E-state index contributed by atoms with van der Waals surface area (Å²) in [5.74, 6) is -2.15. The minimum absolute atomic E-state index is 0.143. The van der Waals surface area contributed by atoms with Gasteiger partial charge >= 0.3 is 0 Å². The van der Waals surface area contributed by atoms with Crippen LogP contribution in [0.5, 0.6) is 0 Å². The molecule has 0 saturated carbocycles. The molecule has 0 aliphatic carbocycles. The topological polar surface area (TPSA) is 68.0 Å².